The first-order valence-electron chi connectivity index (χ1n) is 7.60. The zero-order chi connectivity index (χ0) is 16.2. The van der Waals surface area contributed by atoms with E-state index < -0.39 is 0 Å². The normalized spacial score (nSPS) is 17.1. The molecule has 23 heavy (non-hydrogen) atoms. The molecule has 0 aliphatic carbocycles. The van der Waals surface area contributed by atoms with Crippen LogP contribution in [0, 0.1) is 0 Å². The molecular formula is C18H21N3O2. The summed E-state index contributed by atoms with van der Waals surface area (Å²) >= 11 is 0. The highest BCUT2D eigenvalue weighted by atomic mass is 16.5. The third-order valence-electron chi connectivity index (χ3n) is 4.02. The Labute approximate surface area is 136 Å². The molecule has 0 fully saturated rings. The number of benzene rings is 2. The van der Waals surface area contributed by atoms with Crippen molar-refractivity contribution in [1.29, 1.82) is 0 Å². The molecule has 0 spiro atoms. The molecule has 0 bridgehead atoms. The van der Waals surface area contributed by atoms with E-state index in [1.807, 2.05) is 47.5 Å². The number of hydrazone groups is 1. The Morgan fingerprint density at radius 3 is 2.52 bits per heavy atom. The molecule has 0 saturated carbocycles. The number of ether oxygens (including phenoxy) is 2. The van der Waals surface area contributed by atoms with Gasteiger partial charge in [-0.05, 0) is 18.2 Å². The molecule has 3 rings (SSSR count). The van der Waals surface area contributed by atoms with Crippen molar-refractivity contribution in [2.75, 3.05) is 25.8 Å². The van der Waals surface area contributed by atoms with Gasteiger partial charge in [0, 0.05) is 18.5 Å². The molecule has 2 aromatic carbocycles. The molecule has 1 heterocycles. The minimum Gasteiger partial charge on any atom is -0.493 e. The van der Waals surface area contributed by atoms with Crippen molar-refractivity contribution < 1.29 is 9.47 Å². The predicted octanol–water partition coefficient (Wildman–Crippen LogP) is 2.97. The van der Waals surface area contributed by atoms with Crippen LogP contribution in [0.15, 0.2) is 53.6 Å². The lowest BCUT2D eigenvalue weighted by Crippen LogP contribution is -2.19. The van der Waals surface area contributed by atoms with Gasteiger partial charge in [-0.1, -0.05) is 30.3 Å². The number of para-hydroxylation sites is 2. The molecule has 0 saturated heterocycles. The summed E-state index contributed by atoms with van der Waals surface area (Å²) in [7, 11) is 3.31. The minimum absolute atomic E-state index is 0.0426. The quantitative estimate of drug-likeness (QED) is 0.922. The van der Waals surface area contributed by atoms with Crippen LogP contribution in [0.5, 0.6) is 11.5 Å². The van der Waals surface area contributed by atoms with Gasteiger partial charge in [0.15, 0.2) is 11.5 Å². The number of hydrogen-bond acceptors (Lipinski definition) is 5. The van der Waals surface area contributed by atoms with Crippen molar-refractivity contribution in [3.63, 3.8) is 0 Å². The van der Waals surface area contributed by atoms with Crippen molar-refractivity contribution >= 4 is 11.4 Å². The maximum Gasteiger partial charge on any atom is 0.166 e. The van der Waals surface area contributed by atoms with E-state index in [0.717, 1.165) is 34.9 Å². The van der Waals surface area contributed by atoms with E-state index in [-0.39, 0.29) is 6.04 Å². The van der Waals surface area contributed by atoms with E-state index in [2.05, 4.69) is 6.07 Å². The van der Waals surface area contributed by atoms with Crippen molar-refractivity contribution in [3.05, 3.63) is 54.1 Å². The second-order valence-electron chi connectivity index (χ2n) is 5.35. The maximum absolute atomic E-state index is 5.83. The summed E-state index contributed by atoms with van der Waals surface area (Å²) in [6.45, 7) is 0.451. The van der Waals surface area contributed by atoms with Crippen molar-refractivity contribution in [1.82, 2.24) is 0 Å². The SMILES string of the molecule is COc1cccc(C2CC(CN)=NN2c2ccccc2)c1OC. The second kappa shape index (κ2) is 6.71. The summed E-state index contributed by atoms with van der Waals surface area (Å²) < 4.78 is 11.0. The van der Waals surface area contributed by atoms with Gasteiger partial charge in [-0.15, -0.1) is 0 Å². The highest BCUT2D eigenvalue weighted by Crippen LogP contribution is 2.42. The highest BCUT2D eigenvalue weighted by molar-refractivity contribution is 5.90. The molecular weight excluding hydrogens is 290 g/mol. The molecule has 5 heteroatoms. The molecule has 2 N–H and O–H groups in total. The average Bonchev–Trinajstić information content (AvgIpc) is 3.06. The summed E-state index contributed by atoms with van der Waals surface area (Å²) in [6.07, 6.45) is 0.773. The Morgan fingerprint density at radius 1 is 1.09 bits per heavy atom. The van der Waals surface area contributed by atoms with Crippen LogP contribution in [0.25, 0.3) is 0 Å². The van der Waals surface area contributed by atoms with Gasteiger partial charge in [0.1, 0.15) is 0 Å². The fourth-order valence-electron chi connectivity index (χ4n) is 2.93. The first-order chi connectivity index (χ1) is 11.3. The van der Waals surface area contributed by atoms with Crippen LogP contribution in [-0.2, 0) is 0 Å². The molecule has 1 aliphatic heterocycles. The van der Waals surface area contributed by atoms with Crippen LogP contribution in [0.2, 0.25) is 0 Å². The van der Waals surface area contributed by atoms with Gasteiger partial charge in [-0.3, -0.25) is 5.01 Å². The van der Waals surface area contributed by atoms with Gasteiger partial charge < -0.3 is 15.2 Å². The van der Waals surface area contributed by atoms with E-state index >= 15 is 0 Å². The lowest BCUT2D eigenvalue weighted by molar-refractivity contribution is 0.349. The molecule has 120 valence electrons. The third kappa shape index (κ3) is 2.87. The molecule has 1 atom stereocenters. The average molecular weight is 311 g/mol. The summed E-state index contributed by atoms with van der Waals surface area (Å²) in [5, 5.41) is 6.71. The van der Waals surface area contributed by atoms with Crippen LogP contribution in [0.4, 0.5) is 5.69 Å². The number of rotatable bonds is 5. The van der Waals surface area contributed by atoms with E-state index in [1.165, 1.54) is 0 Å². The standard InChI is InChI=1S/C18H21N3O2/c1-22-17-10-6-9-15(18(17)23-2)16-11-13(12-19)20-21(16)14-7-4-3-5-8-14/h3-10,16H,11-12,19H2,1-2H3. The maximum atomic E-state index is 5.83. The van der Waals surface area contributed by atoms with E-state index in [4.69, 9.17) is 20.3 Å². The van der Waals surface area contributed by atoms with Gasteiger partial charge in [0.2, 0.25) is 0 Å². The predicted molar refractivity (Wildman–Crippen MR) is 92.3 cm³/mol. The Balaban J connectivity index is 2.05. The van der Waals surface area contributed by atoms with E-state index in [9.17, 15) is 0 Å². The van der Waals surface area contributed by atoms with Crippen LogP contribution >= 0.6 is 0 Å². The molecule has 0 aromatic heterocycles. The molecule has 0 radical (unpaired) electrons. The van der Waals surface area contributed by atoms with Crippen LogP contribution in [-0.4, -0.2) is 26.5 Å². The zero-order valence-corrected chi connectivity index (χ0v) is 13.4. The fourth-order valence-corrected chi connectivity index (χ4v) is 2.93. The number of nitrogens with two attached hydrogens (primary N) is 1. The van der Waals surface area contributed by atoms with Crippen LogP contribution in [0.1, 0.15) is 18.0 Å². The van der Waals surface area contributed by atoms with E-state index in [1.54, 1.807) is 14.2 Å². The number of methoxy groups -OCH3 is 2. The first kappa shape index (κ1) is 15.4. The Bertz CT molecular complexity index is 701. The first-order valence-corrected chi connectivity index (χ1v) is 7.60. The number of anilines is 1. The van der Waals surface area contributed by atoms with Gasteiger partial charge >= 0.3 is 0 Å². The van der Waals surface area contributed by atoms with Gasteiger partial charge in [-0.25, -0.2) is 0 Å². The summed E-state index contributed by atoms with van der Waals surface area (Å²) in [6, 6.07) is 16.1. The van der Waals surface area contributed by atoms with Crippen molar-refractivity contribution in [3.8, 4) is 11.5 Å². The Kier molecular flexibility index (Phi) is 4.48. The summed E-state index contributed by atoms with van der Waals surface area (Å²) in [4.78, 5) is 0. The number of hydrogen-bond donors (Lipinski definition) is 1. The fraction of sp³-hybridized carbons (Fsp3) is 0.278. The van der Waals surface area contributed by atoms with E-state index in [0.29, 0.717) is 6.54 Å². The zero-order valence-electron chi connectivity index (χ0n) is 13.4. The van der Waals surface area contributed by atoms with Gasteiger partial charge in [0.25, 0.3) is 0 Å². The lowest BCUT2D eigenvalue weighted by atomic mass is 9.99. The molecule has 2 aromatic rings. The highest BCUT2D eigenvalue weighted by Gasteiger charge is 2.31. The summed E-state index contributed by atoms with van der Waals surface area (Å²) in [5.41, 5.74) is 8.88. The van der Waals surface area contributed by atoms with Gasteiger partial charge in [0.05, 0.1) is 31.7 Å². The molecule has 1 aliphatic rings. The third-order valence-corrected chi connectivity index (χ3v) is 4.02. The molecule has 5 nitrogen and oxygen atoms in total. The van der Waals surface area contributed by atoms with Gasteiger partial charge in [-0.2, -0.15) is 5.10 Å². The second-order valence-corrected chi connectivity index (χ2v) is 5.35. The topological polar surface area (TPSA) is 60.1 Å². The largest absolute Gasteiger partial charge is 0.493 e. The Morgan fingerprint density at radius 2 is 1.87 bits per heavy atom. The van der Waals surface area contributed by atoms with Crippen molar-refractivity contribution in [2.45, 2.75) is 12.5 Å². The molecule has 1 unspecified atom stereocenters. The Hall–Kier alpha value is -2.53. The number of nitrogens with zero attached hydrogens (tertiary/aromatic N) is 2. The van der Waals surface area contributed by atoms with Crippen molar-refractivity contribution in [2.24, 2.45) is 10.8 Å². The minimum atomic E-state index is 0.0426. The molecule has 0 amide bonds. The lowest BCUT2D eigenvalue weighted by Gasteiger charge is -2.26. The van der Waals surface area contributed by atoms with Crippen LogP contribution < -0.4 is 20.2 Å². The summed E-state index contributed by atoms with van der Waals surface area (Å²) in [5.74, 6) is 1.47. The smallest absolute Gasteiger partial charge is 0.166 e. The monoisotopic (exact) mass is 311 g/mol. The van der Waals surface area contributed by atoms with Crippen LogP contribution in [0.3, 0.4) is 0 Å².